The smallest absolute Gasteiger partial charge is 0.274 e. The molecule has 3 heterocycles. The van der Waals surface area contributed by atoms with Crippen molar-refractivity contribution in [3.63, 3.8) is 0 Å². The van der Waals surface area contributed by atoms with Crippen molar-refractivity contribution < 1.29 is 9.32 Å². The number of rotatable bonds is 3. The molecule has 0 spiro atoms. The van der Waals surface area contributed by atoms with E-state index >= 15 is 0 Å². The van der Waals surface area contributed by atoms with Gasteiger partial charge in [-0.15, -0.1) is 11.3 Å². The highest BCUT2D eigenvalue weighted by Gasteiger charge is 2.20. The molecule has 20 heavy (non-hydrogen) atoms. The van der Waals surface area contributed by atoms with Crippen molar-refractivity contribution in [1.82, 2.24) is 15.1 Å². The van der Waals surface area contributed by atoms with Crippen LogP contribution < -0.4 is 0 Å². The fourth-order valence-corrected chi connectivity index (χ4v) is 2.97. The van der Waals surface area contributed by atoms with Gasteiger partial charge >= 0.3 is 0 Å². The SMILES string of the molecule is CC(=O)c1c(C)[nH]c(-c2nc(-c3cccs3)no2)c1C. The van der Waals surface area contributed by atoms with Gasteiger partial charge in [0.05, 0.1) is 4.88 Å². The van der Waals surface area contributed by atoms with Crippen LogP contribution in [0.15, 0.2) is 22.0 Å². The first-order chi connectivity index (χ1) is 9.58. The van der Waals surface area contributed by atoms with E-state index < -0.39 is 0 Å². The number of nitrogens with zero attached hydrogens (tertiary/aromatic N) is 2. The zero-order chi connectivity index (χ0) is 14.3. The van der Waals surface area contributed by atoms with E-state index in [4.69, 9.17) is 4.52 Å². The van der Waals surface area contributed by atoms with Crippen molar-refractivity contribution in [2.24, 2.45) is 0 Å². The predicted octanol–water partition coefficient (Wildman–Crippen LogP) is 3.61. The average molecular weight is 287 g/mol. The monoisotopic (exact) mass is 287 g/mol. The number of nitrogens with one attached hydrogen (secondary N) is 1. The van der Waals surface area contributed by atoms with Crippen LogP contribution in [0, 0.1) is 13.8 Å². The van der Waals surface area contributed by atoms with E-state index in [9.17, 15) is 4.79 Å². The Kier molecular flexibility index (Phi) is 3.02. The maximum absolute atomic E-state index is 11.6. The van der Waals surface area contributed by atoms with Crippen molar-refractivity contribution in [2.45, 2.75) is 20.8 Å². The highest BCUT2D eigenvalue weighted by Crippen LogP contribution is 2.29. The third-order valence-corrected chi connectivity index (χ3v) is 4.04. The lowest BCUT2D eigenvalue weighted by Gasteiger charge is -1.95. The maximum Gasteiger partial charge on any atom is 0.274 e. The molecule has 5 nitrogen and oxygen atoms in total. The van der Waals surface area contributed by atoms with Crippen LogP contribution in [0.3, 0.4) is 0 Å². The van der Waals surface area contributed by atoms with Gasteiger partial charge in [-0.3, -0.25) is 4.79 Å². The van der Waals surface area contributed by atoms with Crippen molar-refractivity contribution in [2.75, 3.05) is 0 Å². The van der Waals surface area contributed by atoms with E-state index in [1.807, 2.05) is 31.4 Å². The third kappa shape index (κ3) is 1.98. The minimum absolute atomic E-state index is 0.0282. The summed E-state index contributed by atoms with van der Waals surface area (Å²) in [7, 11) is 0. The number of carbonyl (C=O) groups excluding carboxylic acids is 1. The van der Waals surface area contributed by atoms with Gasteiger partial charge < -0.3 is 9.51 Å². The van der Waals surface area contributed by atoms with Gasteiger partial charge in [0.15, 0.2) is 5.78 Å². The molecule has 102 valence electrons. The standard InChI is InChI=1S/C14H13N3O2S/c1-7-11(9(3)18)8(2)15-12(7)14-16-13(17-19-14)10-5-4-6-20-10/h4-6,15H,1-3H3. The molecule has 0 fully saturated rings. The number of hydrogen-bond acceptors (Lipinski definition) is 5. The lowest BCUT2D eigenvalue weighted by molar-refractivity contribution is 0.101. The van der Waals surface area contributed by atoms with Gasteiger partial charge in [0.25, 0.3) is 5.89 Å². The lowest BCUT2D eigenvalue weighted by atomic mass is 10.1. The molecule has 0 atom stereocenters. The quantitative estimate of drug-likeness (QED) is 0.747. The van der Waals surface area contributed by atoms with Gasteiger partial charge in [-0.2, -0.15) is 4.98 Å². The summed E-state index contributed by atoms with van der Waals surface area (Å²) in [6, 6.07) is 3.88. The average Bonchev–Trinajstić information content (AvgIpc) is 3.08. The number of H-pyrrole nitrogens is 1. The zero-order valence-corrected chi connectivity index (χ0v) is 12.2. The molecular weight excluding hydrogens is 274 g/mol. The lowest BCUT2D eigenvalue weighted by Crippen LogP contribution is -1.94. The second-order valence-corrected chi connectivity index (χ2v) is 5.53. The minimum atomic E-state index is 0.0282. The Morgan fingerprint density at radius 1 is 1.40 bits per heavy atom. The van der Waals surface area contributed by atoms with Gasteiger partial charge in [-0.1, -0.05) is 11.2 Å². The van der Waals surface area contributed by atoms with E-state index in [2.05, 4.69) is 15.1 Å². The Morgan fingerprint density at radius 2 is 2.20 bits per heavy atom. The number of aromatic nitrogens is 3. The molecule has 3 aromatic rings. The van der Waals surface area contributed by atoms with E-state index in [0.717, 1.165) is 16.1 Å². The Bertz CT molecular complexity index is 769. The predicted molar refractivity (Wildman–Crippen MR) is 76.9 cm³/mol. The Labute approximate surface area is 119 Å². The van der Waals surface area contributed by atoms with Gasteiger partial charge in [0.2, 0.25) is 5.82 Å². The fourth-order valence-electron chi connectivity index (χ4n) is 2.32. The summed E-state index contributed by atoms with van der Waals surface area (Å²) in [5.74, 6) is 0.994. The molecule has 6 heteroatoms. The van der Waals surface area contributed by atoms with Crippen molar-refractivity contribution in [1.29, 1.82) is 0 Å². The minimum Gasteiger partial charge on any atom is -0.354 e. The van der Waals surface area contributed by atoms with Crippen LogP contribution in [0.1, 0.15) is 28.5 Å². The molecular formula is C14H13N3O2S. The van der Waals surface area contributed by atoms with Crippen LogP contribution >= 0.6 is 11.3 Å². The summed E-state index contributed by atoms with van der Waals surface area (Å²) >= 11 is 1.55. The molecule has 0 aromatic carbocycles. The van der Waals surface area contributed by atoms with Crippen molar-refractivity contribution in [3.8, 4) is 22.3 Å². The largest absolute Gasteiger partial charge is 0.354 e. The van der Waals surface area contributed by atoms with E-state index in [1.165, 1.54) is 0 Å². The van der Waals surface area contributed by atoms with Crippen LogP contribution in [0.4, 0.5) is 0 Å². The van der Waals surface area contributed by atoms with E-state index in [-0.39, 0.29) is 5.78 Å². The number of hydrogen-bond donors (Lipinski definition) is 1. The molecule has 3 rings (SSSR count). The summed E-state index contributed by atoms with van der Waals surface area (Å²) in [4.78, 5) is 20.1. The second-order valence-electron chi connectivity index (χ2n) is 4.58. The highest BCUT2D eigenvalue weighted by molar-refractivity contribution is 7.13. The summed E-state index contributed by atoms with van der Waals surface area (Å²) in [5.41, 5.74) is 3.07. The molecule has 0 bridgehead atoms. The topological polar surface area (TPSA) is 71.8 Å². The molecule has 0 aliphatic rings. The summed E-state index contributed by atoms with van der Waals surface area (Å²) in [6.45, 7) is 5.30. The van der Waals surface area contributed by atoms with E-state index in [0.29, 0.717) is 23.0 Å². The van der Waals surface area contributed by atoms with Crippen molar-refractivity contribution in [3.05, 3.63) is 34.3 Å². The summed E-state index contributed by atoms with van der Waals surface area (Å²) in [5, 5.41) is 5.94. The Balaban J connectivity index is 2.06. The van der Waals surface area contributed by atoms with Crippen LogP contribution in [0.5, 0.6) is 0 Å². The second kappa shape index (κ2) is 4.72. The Morgan fingerprint density at radius 3 is 2.80 bits per heavy atom. The molecule has 1 N–H and O–H groups in total. The normalized spacial score (nSPS) is 10.9. The first-order valence-electron chi connectivity index (χ1n) is 6.16. The van der Waals surface area contributed by atoms with Crippen LogP contribution in [0.25, 0.3) is 22.3 Å². The number of aryl methyl sites for hydroxylation is 1. The molecule has 0 saturated heterocycles. The molecule has 0 aliphatic carbocycles. The molecule has 0 aliphatic heterocycles. The molecule has 0 unspecified atom stereocenters. The van der Waals surface area contributed by atoms with Gasteiger partial charge in [0, 0.05) is 11.3 Å². The molecule has 0 amide bonds. The first-order valence-corrected chi connectivity index (χ1v) is 7.04. The van der Waals surface area contributed by atoms with Gasteiger partial charge in [-0.05, 0) is 37.8 Å². The van der Waals surface area contributed by atoms with Gasteiger partial charge in [-0.25, -0.2) is 0 Å². The third-order valence-electron chi connectivity index (χ3n) is 3.17. The van der Waals surface area contributed by atoms with Gasteiger partial charge in [0.1, 0.15) is 5.69 Å². The molecule has 0 saturated carbocycles. The summed E-state index contributed by atoms with van der Waals surface area (Å²) in [6.07, 6.45) is 0. The highest BCUT2D eigenvalue weighted by atomic mass is 32.1. The van der Waals surface area contributed by atoms with Crippen molar-refractivity contribution >= 4 is 17.1 Å². The van der Waals surface area contributed by atoms with E-state index in [1.54, 1.807) is 18.3 Å². The zero-order valence-electron chi connectivity index (χ0n) is 11.4. The van der Waals surface area contributed by atoms with Crippen LogP contribution in [0.2, 0.25) is 0 Å². The fraction of sp³-hybridized carbons (Fsp3) is 0.214. The molecule has 3 aromatic heterocycles. The number of carbonyl (C=O) groups is 1. The molecule has 0 radical (unpaired) electrons. The van der Waals surface area contributed by atoms with Crippen LogP contribution in [-0.2, 0) is 0 Å². The number of thiophene rings is 1. The number of aromatic amines is 1. The summed E-state index contributed by atoms with van der Waals surface area (Å²) < 4.78 is 5.31. The maximum atomic E-state index is 11.6. The van der Waals surface area contributed by atoms with Crippen LogP contribution in [-0.4, -0.2) is 20.9 Å². The Hall–Kier alpha value is -2.21. The number of ketones is 1. The number of Topliss-reactive ketones (excluding diaryl/α,β-unsaturated/α-hetero) is 1. The first kappa shape index (κ1) is 12.8.